The number of aliphatic hydroxyl groups excluding tert-OH is 1. The highest BCUT2D eigenvalue weighted by Crippen LogP contribution is 2.35. The molecule has 2 aromatic rings. The molecule has 0 spiro atoms. The van der Waals surface area contributed by atoms with Crippen molar-refractivity contribution in [1.29, 1.82) is 0 Å². The van der Waals surface area contributed by atoms with Crippen LogP contribution < -0.4 is 15.1 Å². The number of fused-ring (bicyclic) bond motifs is 1. The van der Waals surface area contributed by atoms with Crippen molar-refractivity contribution in [3.63, 3.8) is 0 Å². The van der Waals surface area contributed by atoms with Crippen molar-refractivity contribution in [2.45, 2.75) is 25.6 Å². The molecule has 0 aliphatic rings. The molecule has 0 saturated heterocycles. The maximum Gasteiger partial charge on any atom is 0.336 e. The van der Waals surface area contributed by atoms with Crippen LogP contribution in [0.4, 0.5) is 0 Å². The normalized spacial score (nSPS) is 13.2. The molecule has 0 bridgehead atoms. The van der Waals surface area contributed by atoms with Gasteiger partial charge in [0.05, 0.1) is 12.7 Å². The zero-order valence-electron chi connectivity index (χ0n) is 12.1. The first kappa shape index (κ1) is 15.3. The Kier molecular flexibility index (Phi) is 4.20. The van der Waals surface area contributed by atoms with Gasteiger partial charge in [-0.25, -0.2) is 4.79 Å². The van der Waals surface area contributed by atoms with Gasteiger partial charge < -0.3 is 24.1 Å². The lowest BCUT2D eigenvalue weighted by molar-refractivity contribution is -0.0663. The van der Waals surface area contributed by atoms with Gasteiger partial charge in [0.2, 0.25) is 5.75 Å². The van der Waals surface area contributed by atoms with Crippen LogP contribution in [-0.2, 0) is 0 Å². The molecule has 2 rings (SSSR count). The van der Waals surface area contributed by atoms with Crippen LogP contribution in [0.25, 0.3) is 11.0 Å². The first-order valence-electron chi connectivity index (χ1n) is 6.47. The minimum Gasteiger partial charge on any atom is -0.493 e. The quantitative estimate of drug-likeness (QED) is 0.808. The van der Waals surface area contributed by atoms with Crippen molar-refractivity contribution in [1.82, 2.24) is 0 Å². The van der Waals surface area contributed by atoms with Crippen LogP contribution in [0.3, 0.4) is 0 Å². The van der Waals surface area contributed by atoms with E-state index < -0.39 is 17.3 Å². The van der Waals surface area contributed by atoms with E-state index >= 15 is 0 Å². The van der Waals surface area contributed by atoms with Gasteiger partial charge in [-0.2, -0.15) is 0 Å². The van der Waals surface area contributed by atoms with Crippen LogP contribution in [0, 0.1) is 0 Å². The average molecular weight is 294 g/mol. The predicted molar refractivity (Wildman–Crippen MR) is 76.8 cm³/mol. The van der Waals surface area contributed by atoms with E-state index in [0.717, 1.165) is 0 Å². The van der Waals surface area contributed by atoms with E-state index in [4.69, 9.17) is 13.9 Å². The van der Waals surface area contributed by atoms with Crippen molar-refractivity contribution < 1.29 is 24.1 Å². The highest BCUT2D eigenvalue weighted by atomic mass is 16.5. The summed E-state index contributed by atoms with van der Waals surface area (Å²) in [6.45, 7) is 2.78. The lowest BCUT2D eigenvalue weighted by atomic mass is 10.0. The number of hydrogen-bond donors (Lipinski definition) is 2. The van der Waals surface area contributed by atoms with Crippen LogP contribution in [-0.4, -0.2) is 35.6 Å². The third kappa shape index (κ3) is 3.34. The minimum atomic E-state index is -1.31. The summed E-state index contributed by atoms with van der Waals surface area (Å²) in [6, 6.07) is 6.33. The molecule has 0 aliphatic heterocycles. The van der Waals surface area contributed by atoms with E-state index in [1.807, 2.05) is 0 Å². The van der Waals surface area contributed by atoms with Gasteiger partial charge in [-0.05, 0) is 32.0 Å². The third-order valence-electron chi connectivity index (χ3n) is 3.13. The number of rotatable bonds is 5. The Labute approximate surface area is 121 Å². The maximum atomic E-state index is 11.4. The Morgan fingerprint density at radius 3 is 2.57 bits per heavy atom. The summed E-state index contributed by atoms with van der Waals surface area (Å²) in [5, 5.41) is 20.2. The van der Waals surface area contributed by atoms with Gasteiger partial charge in [-0.1, -0.05) is 0 Å². The van der Waals surface area contributed by atoms with Crippen molar-refractivity contribution >= 4 is 11.0 Å². The lowest BCUT2D eigenvalue weighted by Gasteiger charge is -2.24. The Balaban J connectivity index is 2.41. The standard InChI is InChI=1S/C15H18O6/c1-15(2,18)11(16)8-20-14-10(19-3)6-4-9-5-7-12(17)21-13(9)14/h4-7,11,16,18H,8H2,1-3H3/t11-/m0/s1. The number of aliphatic hydroxyl groups is 2. The summed E-state index contributed by atoms with van der Waals surface area (Å²) in [5.41, 5.74) is -1.58. The van der Waals surface area contributed by atoms with Crippen LogP contribution in [0.5, 0.6) is 11.5 Å². The summed E-state index contributed by atoms with van der Waals surface area (Å²) in [7, 11) is 1.46. The van der Waals surface area contributed by atoms with Crippen LogP contribution >= 0.6 is 0 Å². The van der Waals surface area contributed by atoms with Crippen molar-refractivity contribution in [2.75, 3.05) is 13.7 Å². The molecule has 0 radical (unpaired) electrons. The number of ether oxygens (including phenoxy) is 2. The van der Waals surface area contributed by atoms with Crippen molar-refractivity contribution in [3.05, 3.63) is 34.7 Å². The highest BCUT2D eigenvalue weighted by Gasteiger charge is 2.26. The molecular weight excluding hydrogens is 276 g/mol. The molecular formula is C15H18O6. The predicted octanol–water partition coefficient (Wildman–Crippen LogP) is 1.31. The van der Waals surface area contributed by atoms with Crippen molar-refractivity contribution in [3.8, 4) is 11.5 Å². The summed E-state index contributed by atoms with van der Waals surface area (Å²) in [4.78, 5) is 11.4. The second-order valence-corrected chi connectivity index (χ2v) is 5.25. The molecule has 2 N–H and O–H groups in total. The monoisotopic (exact) mass is 294 g/mol. The van der Waals surface area contributed by atoms with E-state index in [1.54, 1.807) is 18.2 Å². The van der Waals surface area contributed by atoms with Gasteiger partial charge in [0, 0.05) is 11.5 Å². The van der Waals surface area contributed by atoms with E-state index in [0.29, 0.717) is 11.1 Å². The molecule has 6 heteroatoms. The number of methoxy groups -OCH3 is 1. The molecule has 114 valence electrons. The van der Waals surface area contributed by atoms with Crippen LogP contribution in [0.2, 0.25) is 0 Å². The second kappa shape index (κ2) is 5.75. The zero-order chi connectivity index (χ0) is 15.6. The third-order valence-corrected chi connectivity index (χ3v) is 3.13. The second-order valence-electron chi connectivity index (χ2n) is 5.25. The van der Waals surface area contributed by atoms with Gasteiger partial charge in [-0.3, -0.25) is 0 Å². The first-order valence-corrected chi connectivity index (χ1v) is 6.47. The zero-order valence-corrected chi connectivity index (χ0v) is 12.1. The molecule has 0 saturated carbocycles. The molecule has 6 nitrogen and oxygen atoms in total. The molecule has 1 heterocycles. The van der Waals surface area contributed by atoms with E-state index in [2.05, 4.69) is 0 Å². The SMILES string of the molecule is COc1ccc2ccc(=O)oc2c1OC[C@H](O)C(C)(C)O. The minimum absolute atomic E-state index is 0.169. The highest BCUT2D eigenvalue weighted by molar-refractivity contribution is 5.85. The van der Waals surface area contributed by atoms with Crippen LogP contribution in [0.15, 0.2) is 33.5 Å². The smallest absolute Gasteiger partial charge is 0.336 e. The summed E-state index contributed by atoms with van der Waals surface area (Å²) in [6.07, 6.45) is -1.10. The molecule has 1 atom stereocenters. The summed E-state index contributed by atoms with van der Waals surface area (Å²) >= 11 is 0. The molecule has 1 aromatic carbocycles. The Morgan fingerprint density at radius 1 is 1.29 bits per heavy atom. The molecule has 0 amide bonds. The topological polar surface area (TPSA) is 89.1 Å². The Morgan fingerprint density at radius 2 is 1.95 bits per heavy atom. The summed E-state index contributed by atoms with van der Waals surface area (Å²) < 4.78 is 15.8. The van der Waals surface area contributed by atoms with E-state index in [9.17, 15) is 15.0 Å². The van der Waals surface area contributed by atoms with Crippen molar-refractivity contribution in [2.24, 2.45) is 0 Å². The molecule has 0 fully saturated rings. The fourth-order valence-corrected chi connectivity index (χ4v) is 1.75. The largest absolute Gasteiger partial charge is 0.493 e. The molecule has 21 heavy (non-hydrogen) atoms. The molecule has 1 aromatic heterocycles. The van der Waals surface area contributed by atoms with Gasteiger partial charge in [0.1, 0.15) is 12.7 Å². The average Bonchev–Trinajstić information content (AvgIpc) is 2.43. The van der Waals surface area contributed by atoms with E-state index in [1.165, 1.54) is 27.0 Å². The number of benzene rings is 1. The van der Waals surface area contributed by atoms with Gasteiger partial charge >= 0.3 is 5.63 Å². The number of hydrogen-bond acceptors (Lipinski definition) is 6. The lowest BCUT2D eigenvalue weighted by Crippen LogP contribution is -2.40. The van der Waals surface area contributed by atoms with Gasteiger partial charge in [-0.15, -0.1) is 0 Å². The van der Waals surface area contributed by atoms with Crippen LogP contribution in [0.1, 0.15) is 13.8 Å². The van der Waals surface area contributed by atoms with Gasteiger partial charge in [0.25, 0.3) is 0 Å². The summed E-state index contributed by atoms with van der Waals surface area (Å²) in [5.74, 6) is 0.593. The Hall–Kier alpha value is -2.05. The molecule has 0 unspecified atom stereocenters. The fourth-order valence-electron chi connectivity index (χ4n) is 1.75. The fraction of sp³-hybridized carbons (Fsp3) is 0.400. The molecule has 0 aliphatic carbocycles. The first-order chi connectivity index (χ1) is 9.82. The Bertz CT molecular complexity index is 683. The maximum absolute atomic E-state index is 11.4. The van der Waals surface area contributed by atoms with E-state index in [-0.39, 0.29) is 17.9 Å². The van der Waals surface area contributed by atoms with Gasteiger partial charge in [0.15, 0.2) is 11.3 Å².